The van der Waals surface area contributed by atoms with E-state index in [1.807, 2.05) is 6.92 Å². The minimum absolute atomic E-state index is 0.473. The molecule has 0 fully saturated rings. The first kappa shape index (κ1) is 8.69. The second-order valence-corrected chi connectivity index (χ2v) is 2.76. The van der Waals surface area contributed by atoms with Crippen molar-refractivity contribution in [3.8, 4) is 5.75 Å². The number of ether oxygens (including phenoxy) is 1. The van der Waals surface area contributed by atoms with Crippen molar-refractivity contribution in [2.75, 3.05) is 6.61 Å². The Morgan fingerprint density at radius 3 is 2.36 bits per heavy atom. The lowest BCUT2D eigenvalue weighted by Crippen LogP contribution is -1.90. The van der Waals surface area contributed by atoms with Gasteiger partial charge in [0.1, 0.15) is 5.75 Å². The molecule has 0 bridgehead atoms. The van der Waals surface area contributed by atoms with Crippen molar-refractivity contribution in [2.45, 2.75) is 6.92 Å². The van der Waals surface area contributed by atoms with Gasteiger partial charge in [-0.2, -0.15) is 0 Å². The molecule has 0 unspecified atom stereocenters. The fourth-order valence-corrected chi connectivity index (χ4v) is 1.19. The SMILES string of the molecule is CCOc1cc(Cl)[c]c(Cl)c1. The van der Waals surface area contributed by atoms with Crippen LogP contribution in [-0.4, -0.2) is 6.61 Å². The molecule has 0 aliphatic rings. The third kappa shape index (κ3) is 2.60. The van der Waals surface area contributed by atoms with E-state index in [0.717, 1.165) is 0 Å². The lowest BCUT2D eigenvalue weighted by Gasteiger charge is -2.02. The third-order valence-electron chi connectivity index (χ3n) is 1.09. The van der Waals surface area contributed by atoms with Crippen molar-refractivity contribution in [3.63, 3.8) is 0 Å². The Labute approximate surface area is 75.9 Å². The van der Waals surface area contributed by atoms with Gasteiger partial charge >= 0.3 is 0 Å². The average molecular weight is 190 g/mol. The molecule has 0 N–H and O–H groups in total. The van der Waals surface area contributed by atoms with Gasteiger partial charge in [-0.3, -0.25) is 0 Å². The van der Waals surface area contributed by atoms with Gasteiger partial charge in [-0.25, -0.2) is 0 Å². The first-order chi connectivity index (χ1) is 5.22. The van der Waals surface area contributed by atoms with E-state index in [4.69, 9.17) is 27.9 Å². The summed E-state index contributed by atoms with van der Waals surface area (Å²) in [7, 11) is 0. The van der Waals surface area contributed by atoms with E-state index in [9.17, 15) is 0 Å². The average Bonchev–Trinajstić information content (AvgIpc) is 1.85. The molecule has 1 rings (SSSR count). The maximum Gasteiger partial charge on any atom is 0.122 e. The van der Waals surface area contributed by atoms with Gasteiger partial charge in [-0.15, -0.1) is 0 Å². The molecule has 0 heterocycles. The van der Waals surface area contributed by atoms with Crippen LogP contribution < -0.4 is 4.74 Å². The van der Waals surface area contributed by atoms with Crippen LogP contribution in [0, 0.1) is 6.07 Å². The summed E-state index contributed by atoms with van der Waals surface area (Å²) in [5.74, 6) is 0.682. The second kappa shape index (κ2) is 3.84. The lowest BCUT2D eigenvalue weighted by molar-refractivity contribution is 0.340. The van der Waals surface area contributed by atoms with Crippen molar-refractivity contribution >= 4 is 23.2 Å². The van der Waals surface area contributed by atoms with Gasteiger partial charge in [-0.05, 0) is 19.1 Å². The number of rotatable bonds is 2. The third-order valence-corrected chi connectivity index (χ3v) is 1.49. The Morgan fingerprint density at radius 2 is 1.91 bits per heavy atom. The van der Waals surface area contributed by atoms with E-state index < -0.39 is 0 Å². The molecule has 1 aromatic rings. The van der Waals surface area contributed by atoms with Crippen LogP contribution in [0.2, 0.25) is 10.0 Å². The molecule has 0 saturated carbocycles. The fourth-order valence-electron chi connectivity index (χ4n) is 0.728. The van der Waals surface area contributed by atoms with Crippen LogP contribution in [0.15, 0.2) is 12.1 Å². The van der Waals surface area contributed by atoms with Crippen LogP contribution in [0.1, 0.15) is 6.92 Å². The van der Waals surface area contributed by atoms with Crippen molar-refractivity contribution in [2.24, 2.45) is 0 Å². The molecule has 3 heteroatoms. The summed E-state index contributed by atoms with van der Waals surface area (Å²) in [5, 5.41) is 0.946. The van der Waals surface area contributed by atoms with Crippen LogP contribution in [0.4, 0.5) is 0 Å². The maximum atomic E-state index is 5.67. The van der Waals surface area contributed by atoms with Gasteiger partial charge in [0.25, 0.3) is 0 Å². The Kier molecular flexibility index (Phi) is 3.03. The summed E-state index contributed by atoms with van der Waals surface area (Å²) in [6, 6.07) is 6.07. The Bertz CT molecular complexity index is 228. The number of benzene rings is 1. The van der Waals surface area contributed by atoms with Crippen LogP contribution >= 0.6 is 23.2 Å². The largest absolute Gasteiger partial charge is 0.494 e. The van der Waals surface area contributed by atoms with Crippen molar-refractivity contribution in [1.82, 2.24) is 0 Å². The zero-order valence-corrected chi connectivity index (χ0v) is 7.54. The standard InChI is InChI=1S/C8H7Cl2O/c1-2-11-8-4-6(9)3-7(10)5-8/h4-5H,2H2,1H3. The minimum atomic E-state index is 0.473. The van der Waals surface area contributed by atoms with Crippen LogP contribution in [-0.2, 0) is 0 Å². The summed E-state index contributed by atoms with van der Waals surface area (Å²) in [5.41, 5.74) is 0. The lowest BCUT2D eigenvalue weighted by atomic mass is 10.3. The number of hydrogen-bond acceptors (Lipinski definition) is 1. The molecule has 59 valence electrons. The van der Waals surface area contributed by atoms with Gasteiger partial charge in [0.2, 0.25) is 0 Å². The zero-order valence-electron chi connectivity index (χ0n) is 6.03. The van der Waals surface area contributed by atoms with Crippen molar-refractivity contribution in [3.05, 3.63) is 28.2 Å². The topological polar surface area (TPSA) is 9.23 Å². The molecular formula is C8H7Cl2O. The number of hydrogen-bond donors (Lipinski definition) is 0. The fraction of sp³-hybridized carbons (Fsp3) is 0.250. The molecule has 1 nitrogen and oxygen atoms in total. The smallest absolute Gasteiger partial charge is 0.122 e. The molecule has 1 radical (unpaired) electrons. The highest BCUT2D eigenvalue weighted by molar-refractivity contribution is 6.34. The van der Waals surface area contributed by atoms with Gasteiger partial charge in [0, 0.05) is 6.07 Å². The molecule has 0 aromatic heterocycles. The quantitative estimate of drug-likeness (QED) is 0.695. The van der Waals surface area contributed by atoms with Gasteiger partial charge in [0.15, 0.2) is 0 Å². The van der Waals surface area contributed by atoms with Crippen LogP contribution in [0.25, 0.3) is 0 Å². The van der Waals surface area contributed by atoms with E-state index in [-0.39, 0.29) is 0 Å². The Hall–Kier alpha value is -0.400. The first-order valence-corrected chi connectivity index (χ1v) is 3.99. The van der Waals surface area contributed by atoms with E-state index in [2.05, 4.69) is 6.07 Å². The van der Waals surface area contributed by atoms with Crippen LogP contribution in [0.3, 0.4) is 0 Å². The van der Waals surface area contributed by atoms with Gasteiger partial charge in [0.05, 0.1) is 16.7 Å². The summed E-state index contributed by atoms with van der Waals surface area (Å²) in [4.78, 5) is 0. The van der Waals surface area contributed by atoms with Gasteiger partial charge < -0.3 is 4.74 Å². The Morgan fingerprint density at radius 1 is 1.36 bits per heavy atom. The minimum Gasteiger partial charge on any atom is -0.494 e. The summed E-state index contributed by atoms with van der Waals surface area (Å²) in [6.07, 6.45) is 0. The predicted octanol–water partition coefficient (Wildman–Crippen LogP) is 3.19. The summed E-state index contributed by atoms with van der Waals surface area (Å²) in [6.45, 7) is 2.51. The predicted molar refractivity (Wildman–Crippen MR) is 46.5 cm³/mol. The zero-order chi connectivity index (χ0) is 8.27. The van der Waals surface area contributed by atoms with Crippen molar-refractivity contribution in [1.29, 1.82) is 0 Å². The highest BCUT2D eigenvalue weighted by Crippen LogP contribution is 2.23. The molecule has 0 saturated heterocycles. The van der Waals surface area contributed by atoms with E-state index in [1.165, 1.54) is 0 Å². The number of halogens is 2. The molecule has 0 aliphatic carbocycles. The summed E-state index contributed by atoms with van der Waals surface area (Å²) < 4.78 is 5.18. The maximum absolute atomic E-state index is 5.67. The van der Waals surface area contributed by atoms with E-state index in [0.29, 0.717) is 22.4 Å². The highest BCUT2D eigenvalue weighted by atomic mass is 35.5. The van der Waals surface area contributed by atoms with Gasteiger partial charge in [-0.1, -0.05) is 23.2 Å². The van der Waals surface area contributed by atoms with Crippen molar-refractivity contribution < 1.29 is 4.74 Å². The van der Waals surface area contributed by atoms with Crippen LogP contribution in [0.5, 0.6) is 5.75 Å². The first-order valence-electron chi connectivity index (χ1n) is 3.23. The summed E-state index contributed by atoms with van der Waals surface area (Å²) >= 11 is 11.3. The molecule has 0 amide bonds. The van der Waals surface area contributed by atoms with E-state index >= 15 is 0 Å². The normalized spacial score (nSPS) is 9.73. The molecule has 0 spiro atoms. The monoisotopic (exact) mass is 189 g/mol. The van der Waals surface area contributed by atoms with E-state index in [1.54, 1.807) is 12.1 Å². The Balaban J connectivity index is 2.89. The molecule has 11 heavy (non-hydrogen) atoms. The second-order valence-electron chi connectivity index (χ2n) is 1.94. The molecule has 1 aromatic carbocycles. The molecule has 0 atom stereocenters. The molecular weight excluding hydrogens is 183 g/mol. The molecule has 0 aliphatic heterocycles. The highest BCUT2D eigenvalue weighted by Gasteiger charge is 1.97.